The zero-order valence-corrected chi connectivity index (χ0v) is 20.8. The Balaban J connectivity index is 2.43. The number of benzene rings is 2. The van der Waals surface area contributed by atoms with E-state index in [2.05, 4.69) is 5.32 Å². The van der Waals surface area contributed by atoms with E-state index < -0.39 is 28.5 Å². The van der Waals surface area contributed by atoms with Gasteiger partial charge in [0.1, 0.15) is 18.3 Å². The monoisotopic (exact) mass is 495 g/mol. The van der Waals surface area contributed by atoms with Gasteiger partial charge < -0.3 is 15.0 Å². The van der Waals surface area contributed by atoms with Crippen molar-refractivity contribution >= 4 is 39.1 Å². The van der Waals surface area contributed by atoms with Crippen molar-refractivity contribution < 1.29 is 22.7 Å². The summed E-state index contributed by atoms with van der Waals surface area (Å²) >= 11 is 6.22. The van der Waals surface area contributed by atoms with Gasteiger partial charge in [-0.25, -0.2) is 8.42 Å². The van der Waals surface area contributed by atoms with Gasteiger partial charge in [-0.3, -0.25) is 13.9 Å². The van der Waals surface area contributed by atoms with Crippen LogP contribution in [0.3, 0.4) is 0 Å². The van der Waals surface area contributed by atoms with Gasteiger partial charge in [0.15, 0.2) is 0 Å². The van der Waals surface area contributed by atoms with E-state index >= 15 is 0 Å². The predicted molar refractivity (Wildman–Crippen MR) is 130 cm³/mol. The molecule has 0 aromatic heterocycles. The lowest BCUT2D eigenvalue weighted by atomic mass is 10.1. The number of likely N-dealkylation sites (N-methyl/N-ethyl adjacent to an activating group) is 1. The lowest BCUT2D eigenvalue weighted by Gasteiger charge is -2.33. The molecule has 2 rings (SSSR count). The quantitative estimate of drug-likeness (QED) is 0.517. The third-order valence-electron chi connectivity index (χ3n) is 5.05. The Morgan fingerprint density at radius 3 is 2.24 bits per heavy atom. The van der Waals surface area contributed by atoms with Crippen molar-refractivity contribution in [3.8, 4) is 5.75 Å². The Kier molecular flexibility index (Phi) is 9.55. The average Bonchev–Trinajstić information content (AvgIpc) is 2.77. The minimum absolute atomic E-state index is 0.124. The second kappa shape index (κ2) is 11.9. The molecule has 0 saturated carbocycles. The third kappa shape index (κ3) is 7.10. The lowest BCUT2D eigenvalue weighted by molar-refractivity contribution is -0.140. The first-order valence-electron chi connectivity index (χ1n) is 10.5. The fourth-order valence-corrected chi connectivity index (χ4v) is 4.54. The number of methoxy groups -OCH3 is 1. The number of carbonyl (C=O) groups excluding carboxylic acids is 2. The summed E-state index contributed by atoms with van der Waals surface area (Å²) in [4.78, 5) is 27.6. The van der Waals surface area contributed by atoms with Crippen molar-refractivity contribution in [2.45, 2.75) is 32.9 Å². The maximum Gasteiger partial charge on any atom is 0.244 e. The van der Waals surface area contributed by atoms with E-state index in [1.807, 2.05) is 0 Å². The Bertz CT molecular complexity index is 1060. The molecule has 0 radical (unpaired) electrons. The summed E-state index contributed by atoms with van der Waals surface area (Å²) in [6.07, 6.45) is 1.37. The van der Waals surface area contributed by atoms with Gasteiger partial charge in [-0.15, -0.1) is 0 Å². The predicted octanol–water partition coefficient (Wildman–Crippen LogP) is 3.06. The number of halogens is 1. The highest BCUT2D eigenvalue weighted by Crippen LogP contribution is 2.27. The molecule has 10 heteroatoms. The molecule has 2 aromatic carbocycles. The van der Waals surface area contributed by atoms with E-state index in [4.69, 9.17) is 16.3 Å². The van der Waals surface area contributed by atoms with Gasteiger partial charge >= 0.3 is 0 Å². The summed E-state index contributed by atoms with van der Waals surface area (Å²) in [5.74, 6) is -0.158. The minimum Gasteiger partial charge on any atom is -0.497 e. The first-order chi connectivity index (χ1) is 15.6. The molecule has 0 aliphatic heterocycles. The Morgan fingerprint density at radius 1 is 1.09 bits per heavy atom. The Hall–Kier alpha value is -2.78. The fourth-order valence-electron chi connectivity index (χ4n) is 3.39. The first-order valence-corrected chi connectivity index (χ1v) is 12.8. The number of amides is 2. The molecular formula is C23H30ClN3O5S. The zero-order chi connectivity index (χ0) is 24.6. The summed E-state index contributed by atoms with van der Waals surface area (Å²) in [5, 5.41) is 2.96. The van der Waals surface area contributed by atoms with Crippen molar-refractivity contribution in [2.24, 2.45) is 0 Å². The number of hydrogen-bond acceptors (Lipinski definition) is 5. The largest absolute Gasteiger partial charge is 0.497 e. The normalized spacial score (nSPS) is 12.0. The van der Waals surface area contributed by atoms with Crippen LogP contribution in [0.2, 0.25) is 5.02 Å². The van der Waals surface area contributed by atoms with Crippen molar-refractivity contribution in [3.63, 3.8) is 0 Å². The number of nitrogens with zero attached hydrogens (tertiary/aromatic N) is 2. The number of sulfonamides is 1. The Morgan fingerprint density at radius 2 is 1.73 bits per heavy atom. The molecule has 0 bridgehead atoms. The second-order valence-corrected chi connectivity index (χ2v) is 9.72. The number of anilines is 1. The van der Waals surface area contributed by atoms with E-state index in [9.17, 15) is 18.0 Å². The summed E-state index contributed by atoms with van der Waals surface area (Å²) < 4.78 is 31.2. The maximum absolute atomic E-state index is 13.5. The van der Waals surface area contributed by atoms with E-state index in [-0.39, 0.29) is 23.2 Å². The number of ether oxygens (including phenoxy) is 1. The number of nitrogens with one attached hydrogen (secondary N) is 1. The standard InChI is InChI=1S/C23H30ClN3O5S/c1-5-20(23(29)25-6-2)26(15-17-11-13-18(32-3)14-12-17)22(28)16-27(33(4,30)31)21-10-8-7-9-19(21)24/h7-14,20H,5-6,15-16H2,1-4H3,(H,25,29)/t20-/m0/s1. The molecule has 0 fully saturated rings. The summed E-state index contributed by atoms with van der Waals surface area (Å²) in [6.45, 7) is 3.64. The molecule has 0 aliphatic rings. The molecule has 0 unspecified atom stereocenters. The summed E-state index contributed by atoms with van der Waals surface area (Å²) in [7, 11) is -2.27. The second-order valence-electron chi connectivity index (χ2n) is 7.41. The molecule has 180 valence electrons. The molecular weight excluding hydrogens is 466 g/mol. The lowest BCUT2D eigenvalue weighted by Crippen LogP contribution is -2.52. The minimum atomic E-state index is -3.83. The smallest absolute Gasteiger partial charge is 0.244 e. The SMILES string of the molecule is CCNC(=O)[C@H](CC)N(Cc1ccc(OC)cc1)C(=O)CN(c1ccccc1Cl)S(C)(=O)=O. The van der Waals surface area contributed by atoms with Crippen LogP contribution in [0.25, 0.3) is 0 Å². The van der Waals surface area contributed by atoms with Crippen molar-refractivity contribution in [2.75, 3.05) is 30.8 Å². The average molecular weight is 496 g/mol. The molecule has 2 amide bonds. The van der Waals surface area contributed by atoms with Crippen LogP contribution in [-0.2, 0) is 26.2 Å². The van der Waals surface area contributed by atoms with Crippen LogP contribution in [0.4, 0.5) is 5.69 Å². The van der Waals surface area contributed by atoms with Gasteiger partial charge in [0.05, 0.1) is 24.1 Å². The fraction of sp³-hybridized carbons (Fsp3) is 0.391. The number of para-hydroxylation sites is 1. The van der Waals surface area contributed by atoms with Gasteiger partial charge in [-0.2, -0.15) is 0 Å². The number of hydrogen-bond donors (Lipinski definition) is 1. The van der Waals surface area contributed by atoms with Gasteiger partial charge in [-0.05, 0) is 43.2 Å². The molecule has 0 aliphatic carbocycles. The molecule has 2 aromatic rings. The van der Waals surface area contributed by atoms with Gasteiger partial charge in [-0.1, -0.05) is 42.8 Å². The molecule has 0 heterocycles. The molecule has 0 spiro atoms. The number of carbonyl (C=O) groups is 2. The van der Waals surface area contributed by atoms with Crippen LogP contribution in [0.1, 0.15) is 25.8 Å². The van der Waals surface area contributed by atoms with Gasteiger partial charge in [0, 0.05) is 13.1 Å². The van der Waals surface area contributed by atoms with Crippen molar-refractivity contribution in [1.29, 1.82) is 0 Å². The molecule has 0 saturated heterocycles. The maximum atomic E-state index is 13.5. The molecule has 8 nitrogen and oxygen atoms in total. The van der Waals surface area contributed by atoms with Crippen LogP contribution in [0.15, 0.2) is 48.5 Å². The summed E-state index contributed by atoms with van der Waals surface area (Å²) in [5.41, 5.74) is 0.973. The molecule has 1 atom stereocenters. The van der Waals surface area contributed by atoms with E-state index in [0.29, 0.717) is 18.7 Å². The topological polar surface area (TPSA) is 96.0 Å². The van der Waals surface area contributed by atoms with Crippen molar-refractivity contribution in [3.05, 3.63) is 59.1 Å². The van der Waals surface area contributed by atoms with Crippen LogP contribution < -0.4 is 14.4 Å². The summed E-state index contributed by atoms with van der Waals surface area (Å²) in [6, 6.07) is 12.7. The Labute approximate surface area is 200 Å². The van der Waals surface area contributed by atoms with Crippen LogP contribution >= 0.6 is 11.6 Å². The van der Waals surface area contributed by atoms with Gasteiger partial charge in [0.25, 0.3) is 0 Å². The molecule has 1 N–H and O–H groups in total. The third-order valence-corrected chi connectivity index (χ3v) is 6.50. The van der Waals surface area contributed by atoms with Crippen molar-refractivity contribution in [1.82, 2.24) is 10.2 Å². The highest BCUT2D eigenvalue weighted by atomic mass is 35.5. The first kappa shape index (κ1) is 26.5. The van der Waals surface area contributed by atoms with E-state index in [1.165, 1.54) is 11.0 Å². The van der Waals surface area contributed by atoms with Crippen LogP contribution in [0.5, 0.6) is 5.75 Å². The highest BCUT2D eigenvalue weighted by molar-refractivity contribution is 7.92. The van der Waals surface area contributed by atoms with Crippen LogP contribution in [-0.4, -0.2) is 57.6 Å². The number of rotatable bonds is 11. The zero-order valence-electron chi connectivity index (χ0n) is 19.2. The highest BCUT2D eigenvalue weighted by Gasteiger charge is 2.32. The van der Waals surface area contributed by atoms with E-state index in [1.54, 1.807) is 63.4 Å². The van der Waals surface area contributed by atoms with E-state index in [0.717, 1.165) is 16.1 Å². The van der Waals surface area contributed by atoms with Gasteiger partial charge in [0.2, 0.25) is 21.8 Å². The van der Waals surface area contributed by atoms with Crippen LogP contribution in [0, 0.1) is 0 Å². The molecule has 33 heavy (non-hydrogen) atoms.